The monoisotopic (exact) mass is 142 g/mol. The highest BCUT2D eigenvalue weighted by Crippen LogP contribution is 2.17. The normalized spacial score (nSPS) is 11.4. The molecule has 0 radical (unpaired) electrons. The molecule has 0 aliphatic carbocycles. The van der Waals surface area contributed by atoms with Gasteiger partial charge in [-0.3, -0.25) is 4.79 Å². The fourth-order valence-corrected chi connectivity index (χ4v) is 0.268. The molecule has 0 heterocycles. The third kappa shape index (κ3) is 3.81. The summed E-state index contributed by atoms with van der Waals surface area (Å²) in [7, 11) is 0. The fourth-order valence-electron chi connectivity index (χ4n) is 0.268. The molecule has 0 aliphatic heterocycles. The first-order valence-electron chi connectivity index (χ1n) is 2.13. The van der Waals surface area contributed by atoms with Crippen molar-refractivity contribution in [2.75, 3.05) is 6.67 Å². The van der Waals surface area contributed by atoms with Crippen molar-refractivity contribution in [3.63, 3.8) is 0 Å². The van der Waals surface area contributed by atoms with Gasteiger partial charge in [0.15, 0.2) is 6.67 Å². The van der Waals surface area contributed by atoms with Crippen molar-refractivity contribution in [1.82, 2.24) is 0 Å². The molecule has 0 spiro atoms. The molecule has 0 bridgehead atoms. The van der Waals surface area contributed by atoms with Crippen LogP contribution in [0.3, 0.4) is 0 Å². The lowest BCUT2D eigenvalue weighted by Crippen LogP contribution is -2.22. The Balaban J connectivity index is 3.71. The molecule has 0 amide bonds. The van der Waals surface area contributed by atoms with Gasteiger partial charge in [-0.2, -0.15) is 0 Å². The average molecular weight is 142 g/mol. The molecule has 0 saturated heterocycles. The van der Waals surface area contributed by atoms with Crippen molar-refractivity contribution in [3.8, 4) is 0 Å². The maximum Gasteiger partial charge on any atom is 0.309 e. The second-order valence-corrected chi connectivity index (χ2v) is 1.56. The quantitative estimate of drug-likeness (QED) is 0.639. The molecule has 0 saturated carbocycles. The van der Waals surface area contributed by atoms with Gasteiger partial charge in [-0.1, -0.05) is 0 Å². The molecule has 0 atom stereocenters. The highest BCUT2D eigenvalue weighted by Gasteiger charge is 2.31. The number of carboxylic acids is 1. The molecule has 9 heavy (non-hydrogen) atoms. The van der Waals surface area contributed by atoms with Gasteiger partial charge < -0.3 is 5.11 Å². The largest absolute Gasteiger partial charge is 0.481 e. The van der Waals surface area contributed by atoms with Gasteiger partial charge in [-0.15, -0.1) is 0 Å². The van der Waals surface area contributed by atoms with Gasteiger partial charge in [0.25, 0.3) is 5.92 Å². The van der Waals surface area contributed by atoms with E-state index in [2.05, 4.69) is 0 Å². The lowest BCUT2D eigenvalue weighted by atomic mass is 10.3. The summed E-state index contributed by atoms with van der Waals surface area (Å²) < 4.78 is 34.4. The summed E-state index contributed by atoms with van der Waals surface area (Å²) in [6, 6.07) is 0. The summed E-state index contributed by atoms with van der Waals surface area (Å²) in [5.74, 6) is -5.40. The van der Waals surface area contributed by atoms with E-state index >= 15 is 0 Å². The average Bonchev–Trinajstić information content (AvgIpc) is 1.63. The Kier molecular flexibility index (Phi) is 2.48. The molecule has 0 unspecified atom stereocenters. The molecule has 1 N–H and O–H groups in total. The van der Waals surface area contributed by atoms with E-state index in [0.717, 1.165) is 0 Å². The van der Waals surface area contributed by atoms with E-state index in [-0.39, 0.29) is 0 Å². The number of alkyl halides is 3. The lowest BCUT2D eigenvalue weighted by Gasteiger charge is -2.06. The van der Waals surface area contributed by atoms with Crippen molar-refractivity contribution >= 4 is 5.97 Å². The highest BCUT2D eigenvalue weighted by atomic mass is 19.3. The Morgan fingerprint density at radius 3 is 2.11 bits per heavy atom. The van der Waals surface area contributed by atoms with Crippen LogP contribution in [0.5, 0.6) is 0 Å². The van der Waals surface area contributed by atoms with Gasteiger partial charge in [0, 0.05) is 0 Å². The van der Waals surface area contributed by atoms with Crippen LogP contribution in [-0.2, 0) is 4.79 Å². The number of carboxylic acid groups (broad SMARTS) is 1. The van der Waals surface area contributed by atoms with Crippen LogP contribution in [0.25, 0.3) is 0 Å². The molecular weight excluding hydrogens is 137 g/mol. The number of rotatable bonds is 3. The summed E-state index contributed by atoms with van der Waals surface area (Å²) in [6.45, 7) is -1.92. The van der Waals surface area contributed by atoms with E-state index in [1.54, 1.807) is 0 Å². The molecule has 0 aromatic heterocycles. The summed E-state index contributed by atoms with van der Waals surface area (Å²) in [4.78, 5) is 9.53. The first-order chi connectivity index (χ1) is 3.98. The minimum atomic E-state index is -3.70. The van der Waals surface area contributed by atoms with Gasteiger partial charge in [-0.25, -0.2) is 13.2 Å². The molecule has 0 fully saturated rings. The van der Waals surface area contributed by atoms with Gasteiger partial charge in [-0.05, 0) is 0 Å². The standard InChI is InChI=1S/C4H5F3O2/c5-2-4(6,7)1-3(8)9/h1-2H2,(H,8,9). The third-order valence-corrected chi connectivity index (χ3v) is 0.605. The topological polar surface area (TPSA) is 37.3 Å². The summed E-state index contributed by atoms with van der Waals surface area (Å²) in [6.07, 6.45) is -1.44. The smallest absolute Gasteiger partial charge is 0.309 e. The van der Waals surface area contributed by atoms with E-state index in [1.165, 1.54) is 0 Å². The van der Waals surface area contributed by atoms with Crippen molar-refractivity contribution in [3.05, 3.63) is 0 Å². The summed E-state index contributed by atoms with van der Waals surface area (Å²) in [5, 5.41) is 7.73. The fraction of sp³-hybridized carbons (Fsp3) is 0.750. The highest BCUT2D eigenvalue weighted by molar-refractivity contribution is 5.67. The SMILES string of the molecule is O=C(O)CC(F)(F)CF. The molecule has 0 aliphatic rings. The maximum absolute atomic E-state index is 11.6. The summed E-state index contributed by atoms with van der Waals surface area (Å²) >= 11 is 0. The van der Waals surface area contributed by atoms with Crippen molar-refractivity contribution in [2.24, 2.45) is 0 Å². The number of hydrogen-bond donors (Lipinski definition) is 1. The van der Waals surface area contributed by atoms with Crippen molar-refractivity contribution in [2.45, 2.75) is 12.3 Å². The van der Waals surface area contributed by atoms with Gasteiger partial charge >= 0.3 is 5.97 Å². The Labute approximate surface area is 49.3 Å². The Hall–Kier alpha value is -0.740. The Morgan fingerprint density at radius 1 is 1.56 bits per heavy atom. The van der Waals surface area contributed by atoms with Crippen molar-refractivity contribution < 1.29 is 23.1 Å². The number of aliphatic carboxylic acids is 1. The zero-order chi connectivity index (χ0) is 7.49. The van der Waals surface area contributed by atoms with E-state index in [4.69, 9.17) is 5.11 Å². The van der Waals surface area contributed by atoms with Gasteiger partial charge in [0.2, 0.25) is 0 Å². The first kappa shape index (κ1) is 8.26. The first-order valence-corrected chi connectivity index (χ1v) is 2.13. The van der Waals surface area contributed by atoms with Crippen LogP contribution in [0.15, 0.2) is 0 Å². The van der Waals surface area contributed by atoms with E-state index in [9.17, 15) is 18.0 Å². The zero-order valence-corrected chi connectivity index (χ0v) is 4.40. The Bertz CT molecular complexity index is 112. The van der Waals surface area contributed by atoms with Crippen LogP contribution in [0.2, 0.25) is 0 Å². The molecule has 0 aromatic rings. The molecule has 54 valence electrons. The zero-order valence-electron chi connectivity index (χ0n) is 4.40. The van der Waals surface area contributed by atoms with Crippen LogP contribution >= 0.6 is 0 Å². The molecule has 0 aromatic carbocycles. The third-order valence-electron chi connectivity index (χ3n) is 0.605. The van der Waals surface area contributed by atoms with Gasteiger partial charge in [0.05, 0.1) is 0 Å². The predicted molar refractivity (Wildman–Crippen MR) is 23.2 cm³/mol. The summed E-state index contributed by atoms with van der Waals surface area (Å²) in [5.41, 5.74) is 0. The lowest BCUT2D eigenvalue weighted by molar-refractivity contribution is -0.145. The van der Waals surface area contributed by atoms with Gasteiger partial charge in [0.1, 0.15) is 6.42 Å². The molecule has 0 rings (SSSR count). The Morgan fingerprint density at radius 2 is 2.00 bits per heavy atom. The minimum absolute atomic E-state index is 1.44. The number of halogens is 3. The van der Waals surface area contributed by atoms with Crippen LogP contribution in [-0.4, -0.2) is 23.7 Å². The van der Waals surface area contributed by atoms with Crippen molar-refractivity contribution in [1.29, 1.82) is 0 Å². The van der Waals surface area contributed by atoms with Crippen LogP contribution < -0.4 is 0 Å². The number of hydrogen-bond acceptors (Lipinski definition) is 1. The van der Waals surface area contributed by atoms with E-state index < -0.39 is 25.0 Å². The molecular formula is C4H5F3O2. The number of carbonyl (C=O) groups is 1. The predicted octanol–water partition coefficient (Wildman–Crippen LogP) is 1.07. The van der Waals surface area contributed by atoms with Crippen LogP contribution in [0.4, 0.5) is 13.2 Å². The molecule has 5 heteroatoms. The second kappa shape index (κ2) is 2.70. The van der Waals surface area contributed by atoms with Crippen LogP contribution in [0, 0.1) is 0 Å². The second-order valence-electron chi connectivity index (χ2n) is 1.56. The van der Waals surface area contributed by atoms with Crippen LogP contribution in [0.1, 0.15) is 6.42 Å². The van der Waals surface area contributed by atoms with E-state index in [1.807, 2.05) is 0 Å². The van der Waals surface area contributed by atoms with E-state index in [0.29, 0.717) is 0 Å². The maximum atomic E-state index is 11.6. The molecule has 2 nitrogen and oxygen atoms in total. The minimum Gasteiger partial charge on any atom is -0.481 e.